The van der Waals surface area contributed by atoms with Crippen LogP contribution in [0.3, 0.4) is 0 Å². The quantitative estimate of drug-likeness (QED) is 0.375. The Morgan fingerprint density at radius 1 is 0.966 bits per heavy atom. The van der Waals surface area contributed by atoms with Crippen molar-refractivity contribution in [2.75, 3.05) is 25.4 Å². The van der Waals surface area contributed by atoms with Crippen molar-refractivity contribution in [3.8, 4) is 0 Å². The van der Waals surface area contributed by atoms with Crippen LogP contribution in [0.4, 0.5) is 0 Å². The lowest BCUT2D eigenvalue weighted by Crippen LogP contribution is -2.42. The molecule has 0 spiro atoms. The van der Waals surface area contributed by atoms with Gasteiger partial charge in [0.05, 0.1) is 25.4 Å². The van der Waals surface area contributed by atoms with E-state index in [0.29, 0.717) is 12.5 Å². The summed E-state index contributed by atoms with van der Waals surface area (Å²) in [5.74, 6) is 0. The molecule has 166 valence electrons. The van der Waals surface area contributed by atoms with Crippen molar-refractivity contribution in [3.63, 3.8) is 0 Å². The summed E-state index contributed by atoms with van der Waals surface area (Å²) in [6, 6.07) is 0.926. The minimum atomic E-state index is -4.23. The van der Waals surface area contributed by atoms with Gasteiger partial charge in [-0.1, -0.05) is 0 Å². The molecule has 0 radical (unpaired) electrons. The number of aromatic nitrogens is 2. The number of nitrogens with zero attached hydrogens (tertiary/aromatic N) is 1. The summed E-state index contributed by atoms with van der Waals surface area (Å²) >= 11 is 0. The Morgan fingerprint density at radius 3 is 2.00 bits per heavy atom. The van der Waals surface area contributed by atoms with Crippen molar-refractivity contribution in [1.82, 2.24) is 9.55 Å². The first kappa shape index (κ1) is 23.6. The monoisotopic (exact) mass is 478 g/mol. The molecule has 2 heterocycles. The summed E-state index contributed by atoms with van der Waals surface area (Å²) in [6.45, 7) is -0.767. The van der Waals surface area contributed by atoms with Crippen LogP contribution in [0.15, 0.2) is 21.9 Å². The molecule has 2 rings (SSSR count). The maximum atomic E-state index is 12.1. The fraction of sp³-hybridized carbons (Fsp3) is 0.667. The van der Waals surface area contributed by atoms with E-state index in [1.54, 1.807) is 0 Å². The van der Waals surface area contributed by atoms with Crippen molar-refractivity contribution in [2.45, 2.75) is 24.5 Å². The number of hydrogen-bond acceptors (Lipinski definition) is 12. The number of aromatic amines is 1. The van der Waals surface area contributed by atoms with Gasteiger partial charge in [0.1, 0.15) is 12.2 Å². The first-order valence-corrected chi connectivity index (χ1v) is 13.1. The second kappa shape index (κ2) is 8.25. The van der Waals surface area contributed by atoms with Gasteiger partial charge in [-0.15, -0.1) is 0 Å². The zero-order valence-electron chi connectivity index (χ0n) is 15.2. The largest absolute Gasteiger partial charge is 0.346 e. The highest BCUT2D eigenvalue weighted by Gasteiger charge is 2.51. The average molecular weight is 478 g/mol. The molecule has 0 unspecified atom stereocenters. The standard InChI is InChI=1S/C12H18N2O12S3/c1-27(17,18)23-6-7-9(25-28(2,19)20)10(26-29(3,21)22)11(24-7)14-5-4-8(15)13-12(14)16/h4-5,7,9-11H,6H2,1-3H3,(H,13,15,16)/t7-,9-,10+,11-/m1/s1. The molecule has 1 saturated heterocycles. The fourth-order valence-electron chi connectivity index (χ4n) is 2.51. The van der Waals surface area contributed by atoms with Crippen molar-refractivity contribution in [1.29, 1.82) is 0 Å². The molecule has 0 aromatic carbocycles. The van der Waals surface area contributed by atoms with Gasteiger partial charge in [-0.25, -0.2) is 4.79 Å². The van der Waals surface area contributed by atoms with E-state index < -0.39 is 72.8 Å². The lowest BCUT2D eigenvalue weighted by Gasteiger charge is -2.22. The molecule has 0 saturated carbocycles. The Kier molecular flexibility index (Phi) is 6.72. The van der Waals surface area contributed by atoms with Crippen LogP contribution in [0.25, 0.3) is 0 Å². The van der Waals surface area contributed by atoms with Crippen LogP contribution in [0.1, 0.15) is 6.23 Å². The van der Waals surface area contributed by atoms with Crippen molar-refractivity contribution in [2.24, 2.45) is 0 Å². The van der Waals surface area contributed by atoms with Gasteiger partial charge >= 0.3 is 5.69 Å². The van der Waals surface area contributed by atoms with Crippen LogP contribution in [0, 0.1) is 0 Å². The SMILES string of the molecule is CS(=O)(=O)OC[C@H]1O[C@@H](n2ccc(=O)[nH]c2=O)[C@@H](OS(C)(=O)=O)[C@@H]1OS(C)(=O)=O. The van der Waals surface area contributed by atoms with E-state index in [1.165, 1.54) is 0 Å². The molecule has 29 heavy (non-hydrogen) atoms. The van der Waals surface area contributed by atoms with Gasteiger partial charge in [0.25, 0.3) is 35.9 Å². The molecule has 1 aromatic heterocycles. The Bertz CT molecular complexity index is 1180. The highest BCUT2D eigenvalue weighted by Crippen LogP contribution is 2.35. The fourth-order valence-corrected chi connectivity index (χ4v) is 4.13. The van der Waals surface area contributed by atoms with Crippen LogP contribution in [-0.2, 0) is 47.6 Å². The maximum absolute atomic E-state index is 12.1. The second-order valence-electron chi connectivity index (χ2n) is 6.10. The minimum Gasteiger partial charge on any atom is -0.346 e. The summed E-state index contributed by atoms with van der Waals surface area (Å²) in [4.78, 5) is 25.3. The Morgan fingerprint density at radius 2 is 1.52 bits per heavy atom. The van der Waals surface area contributed by atoms with Crippen molar-refractivity contribution < 1.29 is 42.5 Å². The summed E-state index contributed by atoms with van der Waals surface area (Å²) in [5.41, 5.74) is -1.78. The normalized spacial score (nSPS) is 25.9. The van der Waals surface area contributed by atoms with E-state index in [1.807, 2.05) is 4.98 Å². The van der Waals surface area contributed by atoms with Crippen LogP contribution in [0.5, 0.6) is 0 Å². The highest BCUT2D eigenvalue weighted by molar-refractivity contribution is 7.86. The van der Waals surface area contributed by atoms with E-state index in [0.717, 1.165) is 23.1 Å². The zero-order valence-corrected chi connectivity index (χ0v) is 17.7. The lowest BCUT2D eigenvalue weighted by atomic mass is 10.1. The molecular weight excluding hydrogens is 460 g/mol. The topological polar surface area (TPSA) is 194 Å². The molecular formula is C12H18N2O12S3. The third-order valence-electron chi connectivity index (χ3n) is 3.43. The number of hydrogen-bond donors (Lipinski definition) is 1. The Balaban J connectivity index is 2.55. The van der Waals surface area contributed by atoms with Gasteiger partial charge in [-0.05, 0) is 0 Å². The third-order valence-corrected chi connectivity index (χ3v) is 5.14. The van der Waals surface area contributed by atoms with E-state index in [4.69, 9.17) is 13.1 Å². The van der Waals surface area contributed by atoms with E-state index >= 15 is 0 Å². The lowest BCUT2D eigenvalue weighted by molar-refractivity contribution is -0.0457. The van der Waals surface area contributed by atoms with Gasteiger partial charge in [0.2, 0.25) is 0 Å². The minimum absolute atomic E-state index is 0.664. The highest BCUT2D eigenvalue weighted by atomic mass is 32.2. The molecule has 1 aromatic rings. The molecule has 1 aliphatic heterocycles. The molecule has 14 nitrogen and oxygen atoms in total. The second-order valence-corrected chi connectivity index (χ2v) is 10.9. The predicted octanol–water partition coefficient (Wildman–Crippen LogP) is -2.90. The Hall–Kier alpha value is -1.63. The number of H-pyrrole nitrogens is 1. The van der Waals surface area contributed by atoms with Gasteiger partial charge in [0, 0.05) is 12.3 Å². The molecule has 1 fully saturated rings. The molecule has 0 amide bonds. The number of rotatable bonds is 8. The number of ether oxygens (including phenoxy) is 1. The molecule has 0 aliphatic carbocycles. The molecule has 4 atom stereocenters. The molecule has 1 N–H and O–H groups in total. The van der Waals surface area contributed by atoms with Gasteiger partial charge in [-0.3, -0.25) is 26.9 Å². The van der Waals surface area contributed by atoms with E-state index in [2.05, 4.69) is 4.18 Å². The average Bonchev–Trinajstić information content (AvgIpc) is 2.79. The van der Waals surface area contributed by atoms with Crippen LogP contribution in [0.2, 0.25) is 0 Å². The van der Waals surface area contributed by atoms with E-state index in [9.17, 15) is 34.8 Å². The van der Waals surface area contributed by atoms with Crippen LogP contribution < -0.4 is 11.2 Å². The van der Waals surface area contributed by atoms with E-state index in [-0.39, 0.29) is 0 Å². The van der Waals surface area contributed by atoms with Crippen molar-refractivity contribution >= 4 is 30.4 Å². The van der Waals surface area contributed by atoms with Gasteiger partial charge < -0.3 is 4.74 Å². The van der Waals surface area contributed by atoms with Gasteiger partial charge in [0.15, 0.2) is 12.3 Å². The third kappa shape index (κ3) is 6.98. The summed E-state index contributed by atoms with van der Waals surface area (Å²) in [6.07, 6.45) is -3.51. The Labute approximate surface area is 165 Å². The first-order valence-electron chi connectivity index (χ1n) is 7.63. The number of nitrogens with one attached hydrogen (secondary N) is 1. The molecule has 0 bridgehead atoms. The molecule has 17 heteroatoms. The summed E-state index contributed by atoms with van der Waals surface area (Å²) in [5, 5.41) is 0. The van der Waals surface area contributed by atoms with Gasteiger partial charge in [-0.2, -0.15) is 25.3 Å². The smallest absolute Gasteiger partial charge is 0.330 e. The molecule has 1 aliphatic rings. The zero-order chi connectivity index (χ0) is 22.2. The maximum Gasteiger partial charge on any atom is 0.330 e. The predicted molar refractivity (Wildman–Crippen MR) is 95.5 cm³/mol. The van der Waals surface area contributed by atoms with Crippen LogP contribution >= 0.6 is 0 Å². The summed E-state index contributed by atoms with van der Waals surface area (Å²) < 4.78 is 89.7. The first-order chi connectivity index (χ1) is 13.1. The summed E-state index contributed by atoms with van der Waals surface area (Å²) in [7, 11) is -12.4. The van der Waals surface area contributed by atoms with Crippen LogP contribution in [-0.4, -0.2) is 78.5 Å². The van der Waals surface area contributed by atoms with Crippen molar-refractivity contribution in [3.05, 3.63) is 33.1 Å².